The van der Waals surface area contributed by atoms with Gasteiger partial charge in [-0.05, 0) is 23.3 Å². The summed E-state index contributed by atoms with van der Waals surface area (Å²) in [5.74, 6) is -0.298. The molecule has 2 rings (SSSR count). The SMILES string of the molecule is CCOC(=O)NNC(=O)Cc1ccc2ccccc2c1. The fourth-order valence-corrected chi connectivity index (χ4v) is 1.87. The van der Waals surface area contributed by atoms with Crippen LogP contribution in [0.5, 0.6) is 0 Å². The van der Waals surface area contributed by atoms with Gasteiger partial charge in [-0.3, -0.25) is 10.2 Å². The average molecular weight is 272 g/mol. The number of carbonyl (C=O) groups is 2. The first-order valence-electron chi connectivity index (χ1n) is 6.38. The molecular formula is C15H16N2O3. The fraction of sp³-hybridized carbons (Fsp3) is 0.200. The van der Waals surface area contributed by atoms with Gasteiger partial charge in [0, 0.05) is 0 Å². The zero-order valence-electron chi connectivity index (χ0n) is 11.2. The van der Waals surface area contributed by atoms with Crippen LogP contribution in [0.2, 0.25) is 0 Å². The Kier molecular flexibility index (Phi) is 4.55. The summed E-state index contributed by atoms with van der Waals surface area (Å²) in [4.78, 5) is 22.7. The molecule has 5 heteroatoms. The van der Waals surface area contributed by atoms with Crippen molar-refractivity contribution in [3.8, 4) is 0 Å². The summed E-state index contributed by atoms with van der Waals surface area (Å²) in [5.41, 5.74) is 5.36. The first kappa shape index (κ1) is 13.9. The van der Waals surface area contributed by atoms with Crippen LogP contribution in [-0.4, -0.2) is 18.6 Å². The lowest BCUT2D eigenvalue weighted by Crippen LogP contribution is -2.42. The number of benzene rings is 2. The quantitative estimate of drug-likeness (QED) is 0.841. The molecule has 0 aliphatic rings. The van der Waals surface area contributed by atoms with Gasteiger partial charge < -0.3 is 4.74 Å². The van der Waals surface area contributed by atoms with Gasteiger partial charge in [0.05, 0.1) is 13.0 Å². The Bertz CT molecular complexity index is 625. The van der Waals surface area contributed by atoms with Gasteiger partial charge in [0.2, 0.25) is 5.91 Å². The highest BCUT2D eigenvalue weighted by Gasteiger charge is 2.06. The van der Waals surface area contributed by atoms with E-state index in [0.29, 0.717) is 0 Å². The second kappa shape index (κ2) is 6.56. The van der Waals surface area contributed by atoms with Crippen LogP contribution >= 0.6 is 0 Å². The molecule has 2 amide bonds. The smallest absolute Gasteiger partial charge is 0.426 e. The van der Waals surface area contributed by atoms with Gasteiger partial charge in [0.25, 0.3) is 0 Å². The minimum absolute atomic E-state index is 0.192. The van der Waals surface area contributed by atoms with E-state index in [-0.39, 0.29) is 18.9 Å². The predicted octanol–water partition coefficient (Wildman–Crippen LogP) is 2.16. The second-order valence-electron chi connectivity index (χ2n) is 4.25. The van der Waals surface area contributed by atoms with Crippen molar-refractivity contribution in [3.63, 3.8) is 0 Å². The summed E-state index contributed by atoms with van der Waals surface area (Å²) in [7, 11) is 0. The van der Waals surface area contributed by atoms with E-state index in [1.807, 2.05) is 42.5 Å². The Morgan fingerprint density at radius 2 is 1.80 bits per heavy atom. The Morgan fingerprint density at radius 3 is 2.55 bits per heavy atom. The van der Waals surface area contributed by atoms with Crippen LogP contribution in [0.15, 0.2) is 42.5 Å². The molecule has 0 bridgehead atoms. The molecule has 0 aliphatic heterocycles. The number of amides is 2. The monoisotopic (exact) mass is 272 g/mol. The molecule has 5 nitrogen and oxygen atoms in total. The maximum Gasteiger partial charge on any atom is 0.426 e. The summed E-state index contributed by atoms with van der Waals surface area (Å²) in [5, 5.41) is 2.21. The molecule has 0 unspecified atom stereocenters. The van der Waals surface area contributed by atoms with Gasteiger partial charge in [0.15, 0.2) is 0 Å². The lowest BCUT2D eigenvalue weighted by molar-refractivity contribution is -0.121. The van der Waals surface area contributed by atoms with E-state index >= 15 is 0 Å². The molecule has 0 saturated carbocycles. The van der Waals surface area contributed by atoms with E-state index in [0.717, 1.165) is 16.3 Å². The summed E-state index contributed by atoms with van der Waals surface area (Å²) < 4.78 is 4.64. The summed E-state index contributed by atoms with van der Waals surface area (Å²) in [6, 6.07) is 13.8. The molecule has 0 fully saturated rings. The number of ether oxygens (including phenoxy) is 1. The van der Waals surface area contributed by atoms with Gasteiger partial charge in [-0.2, -0.15) is 0 Å². The minimum Gasteiger partial charge on any atom is -0.449 e. The van der Waals surface area contributed by atoms with Crippen molar-refractivity contribution in [3.05, 3.63) is 48.0 Å². The van der Waals surface area contributed by atoms with E-state index < -0.39 is 6.09 Å². The van der Waals surface area contributed by atoms with Gasteiger partial charge in [-0.25, -0.2) is 10.2 Å². The number of hydrazine groups is 1. The van der Waals surface area contributed by atoms with E-state index in [9.17, 15) is 9.59 Å². The van der Waals surface area contributed by atoms with Gasteiger partial charge in [-0.15, -0.1) is 0 Å². The van der Waals surface area contributed by atoms with Crippen molar-refractivity contribution in [1.29, 1.82) is 0 Å². The Hall–Kier alpha value is -2.56. The molecule has 20 heavy (non-hydrogen) atoms. The highest BCUT2D eigenvalue weighted by molar-refractivity contribution is 5.86. The van der Waals surface area contributed by atoms with E-state index in [2.05, 4.69) is 15.6 Å². The van der Waals surface area contributed by atoms with Gasteiger partial charge in [0.1, 0.15) is 0 Å². The molecule has 0 aliphatic carbocycles. The van der Waals surface area contributed by atoms with Crippen molar-refractivity contribution in [2.75, 3.05) is 6.61 Å². The molecule has 2 N–H and O–H groups in total. The van der Waals surface area contributed by atoms with E-state index in [1.54, 1.807) is 6.92 Å². The molecule has 2 aromatic carbocycles. The zero-order chi connectivity index (χ0) is 14.4. The molecule has 0 saturated heterocycles. The first-order valence-corrected chi connectivity index (χ1v) is 6.38. The second-order valence-corrected chi connectivity index (χ2v) is 4.25. The van der Waals surface area contributed by atoms with Crippen LogP contribution < -0.4 is 10.9 Å². The minimum atomic E-state index is -0.667. The van der Waals surface area contributed by atoms with Gasteiger partial charge in [-0.1, -0.05) is 42.5 Å². The number of rotatable bonds is 3. The molecule has 2 aromatic rings. The normalized spacial score (nSPS) is 10.1. The first-order chi connectivity index (χ1) is 9.69. The summed E-state index contributed by atoms with van der Waals surface area (Å²) in [6.07, 6.45) is -0.476. The third-order valence-electron chi connectivity index (χ3n) is 2.76. The third kappa shape index (κ3) is 3.71. The standard InChI is InChI=1S/C15H16N2O3/c1-2-20-15(19)17-16-14(18)10-11-7-8-12-5-3-4-6-13(12)9-11/h3-9H,2,10H2,1H3,(H,16,18)(H,17,19). The molecule has 0 heterocycles. The lowest BCUT2D eigenvalue weighted by Gasteiger charge is -2.07. The van der Waals surface area contributed by atoms with Crippen molar-refractivity contribution >= 4 is 22.8 Å². The fourth-order valence-electron chi connectivity index (χ4n) is 1.87. The number of hydrogen-bond acceptors (Lipinski definition) is 3. The van der Waals surface area contributed by atoms with Crippen LogP contribution in [-0.2, 0) is 16.0 Å². The molecule has 104 valence electrons. The van der Waals surface area contributed by atoms with Crippen molar-refractivity contribution < 1.29 is 14.3 Å². The maximum absolute atomic E-state index is 11.7. The van der Waals surface area contributed by atoms with Gasteiger partial charge >= 0.3 is 6.09 Å². The molecule has 0 atom stereocenters. The molecule has 0 radical (unpaired) electrons. The topological polar surface area (TPSA) is 67.4 Å². The Morgan fingerprint density at radius 1 is 1.05 bits per heavy atom. The van der Waals surface area contributed by atoms with Crippen LogP contribution in [0.3, 0.4) is 0 Å². The number of nitrogens with one attached hydrogen (secondary N) is 2. The van der Waals surface area contributed by atoms with Crippen molar-refractivity contribution in [2.45, 2.75) is 13.3 Å². The average Bonchev–Trinajstić information content (AvgIpc) is 2.45. The molecule has 0 aromatic heterocycles. The van der Waals surface area contributed by atoms with E-state index in [4.69, 9.17) is 0 Å². The highest BCUT2D eigenvalue weighted by atomic mass is 16.5. The largest absolute Gasteiger partial charge is 0.449 e. The van der Waals surface area contributed by atoms with Crippen LogP contribution in [0.4, 0.5) is 4.79 Å². The summed E-state index contributed by atoms with van der Waals surface area (Å²) in [6.45, 7) is 1.95. The molecular weight excluding hydrogens is 256 g/mol. The lowest BCUT2D eigenvalue weighted by atomic mass is 10.1. The number of fused-ring (bicyclic) bond motifs is 1. The summed E-state index contributed by atoms with van der Waals surface area (Å²) >= 11 is 0. The van der Waals surface area contributed by atoms with E-state index in [1.165, 1.54) is 0 Å². The Labute approximate surface area is 116 Å². The number of hydrogen-bond donors (Lipinski definition) is 2. The zero-order valence-corrected chi connectivity index (χ0v) is 11.2. The highest BCUT2D eigenvalue weighted by Crippen LogP contribution is 2.15. The number of carbonyl (C=O) groups excluding carboxylic acids is 2. The maximum atomic E-state index is 11.7. The predicted molar refractivity (Wildman–Crippen MR) is 76.0 cm³/mol. The van der Waals surface area contributed by atoms with Crippen LogP contribution in [0.25, 0.3) is 10.8 Å². The van der Waals surface area contributed by atoms with Crippen LogP contribution in [0.1, 0.15) is 12.5 Å². The van der Waals surface area contributed by atoms with Crippen LogP contribution in [0, 0.1) is 0 Å². The van der Waals surface area contributed by atoms with Crippen molar-refractivity contribution in [2.24, 2.45) is 0 Å². The third-order valence-corrected chi connectivity index (χ3v) is 2.76. The van der Waals surface area contributed by atoms with Crippen molar-refractivity contribution in [1.82, 2.24) is 10.9 Å². The Balaban J connectivity index is 1.94. The molecule has 0 spiro atoms.